The van der Waals surface area contributed by atoms with Crippen molar-refractivity contribution in [3.8, 4) is 0 Å². The number of nitrogens with zero attached hydrogens (tertiary/aromatic N) is 1. The van der Waals surface area contributed by atoms with Gasteiger partial charge in [0.1, 0.15) is 0 Å². The Hall–Kier alpha value is -0.940. The number of halogens is 1. The predicted molar refractivity (Wildman–Crippen MR) is 51.5 cm³/mol. The number of nitro benzene ring substituents is 1. The lowest BCUT2D eigenvalue weighted by atomic mass is 10.1. The fourth-order valence-corrected chi connectivity index (χ4v) is 1.50. The predicted octanol–water partition coefficient (Wildman–Crippen LogP) is 2.16. The molecule has 0 aromatic heterocycles. The first-order chi connectivity index (χ1) is 6.06. The van der Waals surface area contributed by atoms with Crippen LogP contribution in [0.5, 0.6) is 0 Å². The molecule has 0 amide bonds. The standard InChI is InChI=1S/C8H8BrNO3/c1-5-7(9)2-6(4-11)3-8(5)10(12)13/h2-3,11H,4H2,1H3. The topological polar surface area (TPSA) is 63.4 Å². The smallest absolute Gasteiger partial charge is 0.273 e. The molecule has 0 spiro atoms. The molecule has 0 fully saturated rings. The van der Waals surface area contributed by atoms with Gasteiger partial charge in [-0.25, -0.2) is 0 Å². The van der Waals surface area contributed by atoms with E-state index in [1.54, 1.807) is 13.0 Å². The largest absolute Gasteiger partial charge is 0.392 e. The van der Waals surface area contributed by atoms with E-state index in [9.17, 15) is 10.1 Å². The molecule has 1 N–H and O–H groups in total. The molecule has 1 rings (SSSR count). The van der Waals surface area contributed by atoms with Crippen LogP contribution in [-0.2, 0) is 6.61 Å². The van der Waals surface area contributed by atoms with Crippen LogP contribution in [0.15, 0.2) is 16.6 Å². The summed E-state index contributed by atoms with van der Waals surface area (Å²) in [5, 5.41) is 19.4. The Balaban J connectivity index is 3.33. The molecule has 1 aromatic rings. The van der Waals surface area contributed by atoms with Crippen molar-refractivity contribution in [1.29, 1.82) is 0 Å². The van der Waals surface area contributed by atoms with Crippen LogP contribution >= 0.6 is 15.9 Å². The average Bonchev–Trinajstić information content (AvgIpc) is 2.09. The summed E-state index contributed by atoms with van der Waals surface area (Å²) in [6.45, 7) is 1.46. The molecule has 0 radical (unpaired) electrons. The Kier molecular flexibility index (Phi) is 3.00. The third kappa shape index (κ3) is 2.05. The first-order valence-electron chi connectivity index (χ1n) is 3.60. The van der Waals surface area contributed by atoms with Gasteiger partial charge in [0.2, 0.25) is 0 Å². The number of rotatable bonds is 2. The van der Waals surface area contributed by atoms with E-state index in [-0.39, 0.29) is 12.3 Å². The molecule has 5 heteroatoms. The minimum Gasteiger partial charge on any atom is -0.392 e. The second-order valence-corrected chi connectivity index (χ2v) is 3.49. The van der Waals surface area contributed by atoms with Crippen molar-refractivity contribution in [2.75, 3.05) is 0 Å². The maximum Gasteiger partial charge on any atom is 0.273 e. The maximum atomic E-state index is 10.5. The lowest BCUT2D eigenvalue weighted by Gasteiger charge is -2.02. The molecule has 70 valence electrons. The highest BCUT2D eigenvalue weighted by molar-refractivity contribution is 9.10. The third-order valence-electron chi connectivity index (χ3n) is 1.76. The second-order valence-electron chi connectivity index (χ2n) is 2.64. The summed E-state index contributed by atoms with van der Waals surface area (Å²) in [6, 6.07) is 3.04. The van der Waals surface area contributed by atoms with Gasteiger partial charge in [0.05, 0.1) is 11.5 Å². The van der Waals surface area contributed by atoms with Crippen molar-refractivity contribution in [2.45, 2.75) is 13.5 Å². The first-order valence-corrected chi connectivity index (χ1v) is 4.40. The molecule has 0 unspecified atom stereocenters. The highest BCUT2D eigenvalue weighted by Crippen LogP contribution is 2.27. The molecule has 0 saturated carbocycles. The van der Waals surface area contributed by atoms with Gasteiger partial charge in [-0.2, -0.15) is 0 Å². The van der Waals surface area contributed by atoms with Crippen LogP contribution in [0.25, 0.3) is 0 Å². The van der Waals surface area contributed by atoms with Crippen LogP contribution < -0.4 is 0 Å². The Labute approximate surface area is 83.5 Å². The molecule has 0 saturated heterocycles. The molecule has 13 heavy (non-hydrogen) atoms. The molecule has 0 aliphatic heterocycles. The lowest BCUT2D eigenvalue weighted by Crippen LogP contribution is -1.95. The second kappa shape index (κ2) is 3.85. The summed E-state index contributed by atoms with van der Waals surface area (Å²) in [5.74, 6) is 0. The minimum atomic E-state index is -0.459. The molecule has 0 aliphatic rings. The van der Waals surface area contributed by atoms with Crippen molar-refractivity contribution in [3.05, 3.63) is 37.8 Å². The fourth-order valence-electron chi connectivity index (χ4n) is 1.000. The van der Waals surface area contributed by atoms with Crippen LogP contribution in [0.2, 0.25) is 0 Å². The minimum absolute atomic E-state index is 0.0263. The van der Waals surface area contributed by atoms with Gasteiger partial charge in [0, 0.05) is 16.1 Å². The van der Waals surface area contributed by atoms with Crippen molar-refractivity contribution in [3.63, 3.8) is 0 Å². The molecule has 0 atom stereocenters. The Bertz CT molecular complexity index is 351. The molecular formula is C8H8BrNO3. The quantitative estimate of drug-likeness (QED) is 0.642. The van der Waals surface area contributed by atoms with Crippen LogP contribution in [0, 0.1) is 17.0 Å². The summed E-state index contributed by atoms with van der Waals surface area (Å²) < 4.78 is 0.644. The van der Waals surface area contributed by atoms with Gasteiger partial charge >= 0.3 is 0 Å². The zero-order valence-corrected chi connectivity index (χ0v) is 8.54. The van der Waals surface area contributed by atoms with E-state index in [4.69, 9.17) is 5.11 Å². The molecule has 0 heterocycles. The van der Waals surface area contributed by atoms with Gasteiger partial charge in [-0.05, 0) is 18.6 Å². The number of aliphatic hydroxyl groups excluding tert-OH is 1. The number of aliphatic hydroxyl groups is 1. The average molecular weight is 246 g/mol. The van der Waals surface area contributed by atoms with E-state index in [1.807, 2.05) is 0 Å². The number of hydrogen-bond acceptors (Lipinski definition) is 3. The molecule has 1 aromatic carbocycles. The highest BCUT2D eigenvalue weighted by atomic mass is 79.9. The summed E-state index contributed by atoms with van der Waals surface area (Å²) in [4.78, 5) is 10.1. The summed E-state index contributed by atoms with van der Waals surface area (Å²) in [6.07, 6.45) is 0. The van der Waals surface area contributed by atoms with E-state index >= 15 is 0 Å². The Morgan fingerprint density at radius 3 is 2.69 bits per heavy atom. The van der Waals surface area contributed by atoms with Crippen molar-refractivity contribution in [1.82, 2.24) is 0 Å². The summed E-state index contributed by atoms with van der Waals surface area (Å²) >= 11 is 3.19. The Morgan fingerprint density at radius 1 is 1.62 bits per heavy atom. The van der Waals surface area contributed by atoms with E-state index in [0.717, 1.165) is 0 Å². The van der Waals surface area contributed by atoms with Crippen LogP contribution in [0.3, 0.4) is 0 Å². The molecular weight excluding hydrogens is 238 g/mol. The normalized spacial score (nSPS) is 10.1. The molecule has 0 bridgehead atoms. The fraction of sp³-hybridized carbons (Fsp3) is 0.250. The van der Waals surface area contributed by atoms with Gasteiger partial charge in [0.25, 0.3) is 5.69 Å². The van der Waals surface area contributed by atoms with Gasteiger partial charge < -0.3 is 5.11 Å². The third-order valence-corrected chi connectivity index (χ3v) is 2.58. The van der Waals surface area contributed by atoms with Gasteiger partial charge in [-0.15, -0.1) is 0 Å². The maximum absolute atomic E-state index is 10.5. The SMILES string of the molecule is Cc1c(Br)cc(CO)cc1[N+](=O)[O-]. The summed E-state index contributed by atoms with van der Waals surface area (Å²) in [7, 11) is 0. The van der Waals surface area contributed by atoms with Gasteiger partial charge in [0.15, 0.2) is 0 Å². The lowest BCUT2D eigenvalue weighted by molar-refractivity contribution is -0.385. The van der Waals surface area contributed by atoms with E-state index in [1.165, 1.54) is 6.07 Å². The van der Waals surface area contributed by atoms with E-state index < -0.39 is 4.92 Å². The van der Waals surface area contributed by atoms with Crippen molar-refractivity contribution < 1.29 is 10.0 Å². The van der Waals surface area contributed by atoms with Crippen molar-refractivity contribution >= 4 is 21.6 Å². The zero-order valence-electron chi connectivity index (χ0n) is 6.95. The van der Waals surface area contributed by atoms with Gasteiger partial charge in [-0.1, -0.05) is 15.9 Å². The van der Waals surface area contributed by atoms with E-state index in [2.05, 4.69) is 15.9 Å². The molecule has 0 aliphatic carbocycles. The monoisotopic (exact) mass is 245 g/mol. The van der Waals surface area contributed by atoms with E-state index in [0.29, 0.717) is 15.6 Å². The van der Waals surface area contributed by atoms with Crippen molar-refractivity contribution in [2.24, 2.45) is 0 Å². The summed E-state index contributed by atoms with van der Waals surface area (Å²) in [5.41, 5.74) is 1.13. The van der Waals surface area contributed by atoms with Gasteiger partial charge in [-0.3, -0.25) is 10.1 Å². The first kappa shape index (κ1) is 10.1. The number of hydrogen-bond donors (Lipinski definition) is 1. The highest BCUT2D eigenvalue weighted by Gasteiger charge is 2.14. The van der Waals surface area contributed by atoms with Crippen LogP contribution in [0.4, 0.5) is 5.69 Å². The van der Waals surface area contributed by atoms with Crippen LogP contribution in [-0.4, -0.2) is 10.0 Å². The van der Waals surface area contributed by atoms with Crippen LogP contribution in [0.1, 0.15) is 11.1 Å². The number of benzene rings is 1. The Morgan fingerprint density at radius 2 is 2.23 bits per heavy atom. The number of nitro groups is 1. The zero-order chi connectivity index (χ0) is 10.0. The molecule has 4 nitrogen and oxygen atoms in total.